The maximum Gasteiger partial charge on any atom is 0.303 e. The van der Waals surface area contributed by atoms with E-state index in [1.807, 2.05) is 0 Å². The zero-order chi connectivity index (χ0) is 14.7. The van der Waals surface area contributed by atoms with Crippen molar-refractivity contribution in [2.45, 2.75) is 12.8 Å². The standard InChI is InChI=1S/C13H14BrNO5/c1-15(4-2-3-11(16)17)13(18)8-5-9(14)12-10(6-8)19-7-20-12/h5-6H,2-4,7H2,1H3,(H,16,17). The molecule has 6 nitrogen and oxygen atoms in total. The molecule has 1 amide bonds. The number of hydrogen-bond donors (Lipinski definition) is 1. The van der Waals surface area contributed by atoms with Gasteiger partial charge >= 0.3 is 5.97 Å². The van der Waals surface area contributed by atoms with E-state index in [4.69, 9.17) is 14.6 Å². The molecule has 0 bridgehead atoms. The zero-order valence-corrected chi connectivity index (χ0v) is 12.5. The smallest absolute Gasteiger partial charge is 0.303 e. The quantitative estimate of drug-likeness (QED) is 0.886. The Morgan fingerprint density at radius 1 is 1.40 bits per heavy atom. The van der Waals surface area contributed by atoms with Gasteiger partial charge < -0.3 is 19.5 Å². The summed E-state index contributed by atoms with van der Waals surface area (Å²) in [5.41, 5.74) is 0.471. The summed E-state index contributed by atoms with van der Waals surface area (Å²) >= 11 is 3.33. The minimum Gasteiger partial charge on any atom is -0.481 e. The fourth-order valence-electron chi connectivity index (χ4n) is 1.88. The Bertz CT molecular complexity index is 546. The first-order valence-electron chi connectivity index (χ1n) is 6.05. The molecule has 0 fully saturated rings. The van der Waals surface area contributed by atoms with Gasteiger partial charge in [-0.05, 0) is 34.5 Å². The second-order valence-electron chi connectivity index (χ2n) is 4.42. The Kier molecular flexibility index (Phi) is 4.49. The molecule has 108 valence electrons. The van der Waals surface area contributed by atoms with E-state index in [0.717, 1.165) is 0 Å². The van der Waals surface area contributed by atoms with E-state index in [-0.39, 0.29) is 19.1 Å². The summed E-state index contributed by atoms with van der Waals surface area (Å²) < 4.78 is 11.2. The highest BCUT2D eigenvalue weighted by Crippen LogP contribution is 2.40. The lowest BCUT2D eigenvalue weighted by atomic mass is 10.1. The van der Waals surface area contributed by atoms with Gasteiger partial charge in [-0.15, -0.1) is 0 Å². The monoisotopic (exact) mass is 343 g/mol. The van der Waals surface area contributed by atoms with Crippen LogP contribution in [0.4, 0.5) is 0 Å². The Hall–Kier alpha value is -1.76. The van der Waals surface area contributed by atoms with E-state index in [0.29, 0.717) is 34.5 Å². The van der Waals surface area contributed by atoms with Crippen molar-refractivity contribution in [3.05, 3.63) is 22.2 Å². The Balaban J connectivity index is 2.05. The highest BCUT2D eigenvalue weighted by atomic mass is 79.9. The van der Waals surface area contributed by atoms with Crippen LogP contribution in [0.15, 0.2) is 16.6 Å². The molecule has 1 aromatic carbocycles. The summed E-state index contributed by atoms with van der Waals surface area (Å²) in [6.45, 7) is 0.525. The second-order valence-corrected chi connectivity index (χ2v) is 5.27. The van der Waals surface area contributed by atoms with Crippen molar-refractivity contribution in [2.24, 2.45) is 0 Å². The third-order valence-electron chi connectivity index (χ3n) is 2.91. The number of carboxylic acid groups (broad SMARTS) is 1. The number of amides is 1. The minimum atomic E-state index is -0.864. The molecule has 1 N–H and O–H groups in total. The van der Waals surface area contributed by atoms with Crippen LogP contribution >= 0.6 is 15.9 Å². The predicted molar refractivity (Wildman–Crippen MR) is 74.1 cm³/mol. The molecule has 0 saturated carbocycles. The predicted octanol–water partition coefficient (Wildman–Crippen LogP) is 2.11. The summed E-state index contributed by atoms with van der Waals surface area (Å²) in [6, 6.07) is 3.30. The van der Waals surface area contributed by atoms with E-state index in [9.17, 15) is 9.59 Å². The topological polar surface area (TPSA) is 76.1 Å². The van der Waals surface area contributed by atoms with Crippen LogP contribution < -0.4 is 9.47 Å². The van der Waals surface area contributed by atoms with Gasteiger partial charge in [0.25, 0.3) is 5.91 Å². The van der Waals surface area contributed by atoms with Gasteiger partial charge in [0.15, 0.2) is 11.5 Å². The Morgan fingerprint density at radius 2 is 2.15 bits per heavy atom. The van der Waals surface area contributed by atoms with Gasteiger partial charge in [-0.3, -0.25) is 9.59 Å². The molecule has 1 aliphatic rings. The molecule has 7 heteroatoms. The molecule has 0 atom stereocenters. The number of rotatable bonds is 5. The number of fused-ring (bicyclic) bond motifs is 1. The fraction of sp³-hybridized carbons (Fsp3) is 0.385. The van der Waals surface area contributed by atoms with Crippen LogP contribution in [-0.2, 0) is 4.79 Å². The first kappa shape index (κ1) is 14.6. The summed E-state index contributed by atoms with van der Waals surface area (Å²) in [5, 5.41) is 8.58. The highest BCUT2D eigenvalue weighted by Gasteiger charge is 2.21. The highest BCUT2D eigenvalue weighted by molar-refractivity contribution is 9.10. The van der Waals surface area contributed by atoms with Crippen molar-refractivity contribution in [1.29, 1.82) is 0 Å². The maximum absolute atomic E-state index is 12.2. The van der Waals surface area contributed by atoms with Crippen molar-refractivity contribution in [3.63, 3.8) is 0 Å². The Labute approximate surface area is 124 Å². The van der Waals surface area contributed by atoms with Gasteiger partial charge in [0, 0.05) is 25.6 Å². The molecule has 0 spiro atoms. The average molecular weight is 344 g/mol. The summed E-state index contributed by atoms with van der Waals surface area (Å²) in [7, 11) is 1.64. The van der Waals surface area contributed by atoms with Gasteiger partial charge in [-0.25, -0.2) is 0 Å². The normalized spacial score (nSPS) is 12.3. The molecule has 0 aromatic heterocycles. The summed E-state index contributed by atoms with van der Waals surface area (Å²) in [4.78, 5) is 24.2. The number of nitrogens with zero attached hydrogens (tertiary/aromatic N) is 1. The molecule has 2 rings (SSSR count). The molecular formula is C13H14BrNO5. The maximum atomic E-state index is 12.2. The van der Waals surface area contributed by atoms with Crippen LogP contribution in [-0.4, -0.2) is 42.3 Å². The molecule has 0 radical (unpaired) electrons. The number of aliphatic carboxylic acids is 1. The SMILES string of the molecule is CN(CCCC(=O)O)C(=O)c1cc(Br)c2c(c1)OCO2. The fourth-order valence-corrected chi connectivity index (χ4v) is 2.44. The van der Waals surface area contributed by atoms with Crippen LogP contribution in [0.1, 0.15) is 23.2 Å². The van der Waals surface area contributed by atoms with Gasteiger partial charge in [-0.1, -0.05) is 0 Å². The summed E-state index contributed by atoms with van der Waals surface area (Å²) in [6.07, 6.45) is 0.464. The molecule has 0 unspecified atom stereocenters. The Morgan fingerprint density at radius 3 is 2.85 bits per heavy atom. The van der Waals surface area contributed by atoms with Crippen LogP contribution in [0.25, 0.3) is 0 Å². The number of benzene rings is 1. The lowest BCUT2D eigenvalue weighted by Crippen LogP contribution is -2.28. The van der Waals surface area contributed by atoms with Crippen molar-refractivity contribution in [1.82, 2.24) is 4.90 Å². The number of hydrogen-bond acceptors (Lipinski definition) is 4. The minimum absolute atomic E-state index is 0.0441. The van der Waals surface area contributed by atoms with E-state index >= 15 is 0 Å². The van der Waals surface area contributed by atoms with Crippen molar-refractivity contribution >= 4 is 27.8 Å². The molecule has 0 saturated heterocycles. The average Bonchev–Trinajstić information content (AvgIpc) is 2.86. The largest absolute Gasteiger partial charge is 0.481 e. The lowest BCUT2D eigenvalue weighted by molar-refractivity contribution is -0.137. The van der Waals surface area contributed by atoms with Gasteiger partial charge in [0.1, 0.15) is 0 Å². The van der Waals surface area contributed by atoms with Crippen LogP contribution in [0, 0.1) is 0 Å². The van der Waals surface area contributed by atoms with Crippen LogP contribution in [0.5, 0.6) is 11.5 Å². The molecule has 1 aliphatic heterocycles. The van der Waals surface area contributed by atoms with Gasteiger partial charge in [0.2, 0.25) is 6.79 Å². The first-order chi connectivity index (χ1) is 9.49. The van der Waals surface area contributed by atoms with E-state index in [2.05, 4.69) is 15.9 Å². The van der Waals surface area contributed by atoms with E-state index in [1.165, 1.54) is 4.90 Å². The molecule has 0 aliphatic carbocycles. The van der Waals surface area contributed by atoms with E-state index < -0.39 is 5.97 Å². The van der Waals surface area contributed by atoms with Crippen molar-refractivity contribution < 1.29 is 24.2 Å². The molecular weight excluding hydrogens is 330 g/mol. The van der Waals surface area contributed by atoms with Crippen molar-refractivity contribution in [2.75, 3.05) is 20.4 Å². The second kappa shape index (κ2) is 6.13. The number of carbonyl (C=O) groups excluding carboxylic acids is 1. The number of halogens is 1. The molecule has 1 aromatic rings. The molecule has 1 heterocycles. The first-order valence-corrected chi connectivity index (χ1v) is 6.84. The van der Waals surface area contributed by atoms with Gasteiger partial charge in [0.05, 0.1) is 4.47 Å². The van der Waals surface area contributed by atoms with Crippen LogP contribution in [0.3, 0.4) is 0 Å². The summed E-state index contributed by atoms with van der Waals surface area (Å²) in [5.74, 6) is 0.0720. The van der Waals surface area contributed by atoms with Crippen LogP contribution in [0.2, 0.25) is 0 Å². The van der Waals surface area contributed by atoms with Crippen molar-refractivity contribution in [3.8, 4) is 11.5 Å². The third-order valence-corrected chi connectivity index (χ3v) is 3.49. The number of carbonyl (C=O) groups is 2. The molecule has 20 heavy (non-hydrogen) atoms. The lowest BCUT2D eigenvalue weighted by Gasteiger charge is -2.17. The number of ether oxygens (including phenoxy) is 2. The van der Waals surface area contributed by atoms with E-state index in [1.54, 1.807) is 19.2 Å². The number of carboxylic acids is 1. The zero-order valence-electron chi connectivity index (χ0n) is 10.9. The van der Waals surface area contributed by atoms with Gasteiger partial charge in [-0.2, -0.15) is 0 Å². The third kappa shape index (κ3) is 3.22.